The van der Waals surface area contributed by atoms with E-state index in [4.69, 9.17) is 10.1 Å². The first-order valence-corrected chi connectivity index (χ1v) is 6.91. The van der Waals surface area contributed by atoms with Crippen molar-refractivity contribution in [3.63, 3.8) is 0 Å². The molecule has 0 radical (unpaired) electrons. The number of aliphatic carboxylic acids is 1. The summed E-state index contributed by atoms with van der Waals surface area (Å²) >= 11 is 1.72. The third-order valence-electron chi connectivity index (χ3n) is 2.92. The minimum Gasteiger partial charge on any atom is -0.481 e. The summed E-state index contributed by atoms with van der Waals surface area (Å²) in [6.07, 6.45) is 3.31. The molecule has 0 amide bonds. The van der Waals surface area contributed by atoms with Gasteiger partial charge in [-0.25, -0.2) is 4.98 Å². The van der Waals surface area contributed by atoms with Crippen LogP contribution >= 0.6 is 11.3 Å². The molecule has 0 spiro atoms. The van der Waals surface area contributed by atoms with Crippen molar-refractivity contribution in [3.05, 3.63) is 15.6 Å². The van der Waals surface area contributed by atoms with Gasteiger partial charge in [-0.2, -0.15) is 0 Å². The van der Waals surface area contributed by atoms with Gasteiger partial charge in [-0.05, 0) is 19.3 Å². The lowest BCUT2D eigenvalue weighted by Crippen LogP contribution is -2.14. The van der Waals surface area contributed by atoms with E-state index in [0.29, 0.717) is 12.3 Å². The number of carboxylic acid groups (broad SMARTS) is 1. The van der Waals surface area contributed by atoms with Gasteiger partial charge in [-0.15, -0.1) is 11.3 Å². The average Bonchev–Trinajstić information content (AvgIpc) is 2.94. The van der Waals surface area contributed by atoms with Crippen molar-refractivity contribution in [1.82, 2.24) is 4.98 Å². The van der Waals surface area contributed by atoms with E-state index in [1.165, 1.54) is 22.7 Å². The highest BCUT2D eigenvalue weighted by atomic mass is 32.1. The van der Waals surface area contributed by atoms with E-state index in [-0.39, 0.29) is 11.8 Å². The van der Waals surface area contributed by atoms with Crippen molar-refractivity contribution in [1.29, 1.82) is 0 Å². The Hall–Kier alpha value is -0.900. The molecule has 1 N–H and O–H groups in total. The first-order valence-electron chi connectivity index (χ1n) is 6.10. The van der Waals surface area contributed by atoms with E-state index in [1.807, 2.05) is 0 Å². The van der Waals surface area contributed by atoms with Gasteiger partial charge < -0.3 is 5.11 Å². The SMILES string of the molecule is CC(C)(C)c1nc(C2CC2)sc1CCC(=O)O. The maximum absolute atomic E-state index is 10.7. The highest BCUT2D eigenvalue weighted by molar-refractivity contribution is 7.11. The zero-order chi connectivity index (χ0) is 12.6. The summed E-state index contributed by atoms with van der Waals surface area (Å²) in [5.41, 5.74) is 1.11. The van der Waals surface area contributed by atoms with E-state index < -0.39 is 5.97 Å². The summed E-state index contributed by atoms with van der Waals surface area (Å²) in [7, 11) is 0. The van der Waals surface area contributed by atoms with E-state index >= 15 is 0 Å². The predicted molar refractivity (Wildman–Crippen MR) is 68.7 cm³/mol. The molecule has 4 heteroatoms. The molecule has 0 unspecified atom stereocenters. The van der Waals surface area contributed by atoms with Crippen LogP contribution in [0.3, 0.4) is 0 Å². The Balaban J connectivity index is 2.24. The maximum atomic E-state index is 10.7. The highest BCUT2D eigenvalue weighted by Crippen LogP contribution is 2.44. The molecule has 0 aromatic carbocycles. The second kappa shape index (κ2) is 4.41. The van der Waals surface area contributed by atoms with E-state index in [9.17, 15) is 4.79 Å². The molecule has 1 aliphatic carbocycles. The molecule has 1 aliphatic rings. The molecule has 1 aromatic heterocycles. The molecule has 1 heterocycles. The van der Waals surface area contributed by atoms with Crippen molar-refractivity contribution >= 4 is 17.3 Å². The fourth-order valence-electron chi connectivity index (χ4n) is 1.85. The van der Waals surface area contributed by atoms with Crippen LogP contribution in [0.2, 0.25) is 0 Å². The number of hydrogen-bond donors (Lipinski definition) is 1. The van der Waals surface area contributed by atoms with E-state index in [2.05, 4.69) is 20.8 Å². The maximum Gasteiger partial charge on any atom is 0.303 e. The summed E-state index contributed by atoms with van der Waals surface area (Å²) in [6.45, 7) is 6.43. The third kappa shape index (κ3) is 3.06. The summed E-state index contributed by atoms with van der Waals surface area (Å²) in [5, 5.41) is 10.00. The fraction of sp³-hybridized carbons (Fsp3) is 0.692. The van der Waals surface area contributed by atoms with Crippen LogP contribution in [-0.4, -0.2) is 16.1 Å². The molecule has 1 aromatic rings. The molecule has 17 heavy (non-hydrogen) atoms. The topological polar surface area (TPSA) is 50.2 Å². The van der Waals surface area contributed by atoms with Gasteiger partial charge in [0.15, 0.2) is 0 Å². The van der Waals surface area contributed by atoms with Gasteiger partial charge in [-0.1, -0.05) is 20.8 Å². The molecule has 1 saturated carbocycles. The molecule has 2 rings (SSSR count). The zero-order valence-corrected chi connectivity index (χ0v) is 11.4. The quantitative estimate of drug-likeness (QED) is 0.895. The van der Waals surface area contributed by atoms with Crippen LogP contribution in [0.15, 0.2) is 0 Å². The van der Waals surface area contributed by atoms with Crippen LogP contribution in [0.1, 0.15) is 61.5 Å². The molecule has 0 bridgehead atoms. The van der Waals surface area contributed by atoms with Crippen LogP contribution in [0.4, 0.5) is 0 Å². The fourth-order valence-corrected chi connectivity index (χ4v) is 3.30. The van der Waals surface area contributed by atoms with Crippen molar-refractivity contribution in [3.8, 4) is 0 Å². The van der Waals surface area contributed by atoms with Gasteiger partial charge >= 0.3 is 5.97 Å². The first kappa shape index (κ1) is 12.6. The second-order valence-corrected chi connectivity index (χ2v) is 6.86. The van der Waals surface area contributed by atoms with Gasteiger partial charge in [0.05, 0.1) is 17.1 Å². The molecule has 94 valence electrons. The standard InChI is InChI=1S/C13H19NO2S/c1-13(2,3)11-9(6-7-10(15)16)17-12(14-11)8-4-5-8/h8H,4-7H2,1-3H3,(H,15,16). The van der Waals surface area contributed by atoms with Gasteiger partial charge in [0.25, 0.3) is 0 Å². The molecule has 0 aliphatic heterocycles. The highest BCUT2D eigenvalue weighted by Gasteiger charge is 2.31. The van der Waals surface area contributed by atoms with Gasteiger partial charge in [0, 0.05) is 16.2 Å². The number of rotatable bonds is 4. The number of carbonyl (C=O) groups is 1. The summed E-state index contributed by atoms with van der Waals surface area (Å²) < 4.78 is 0. The number of aromatic nitrogens is 1. The van der Waals surface area contributed by atoms with Crippen molar-refractivity contribution in [2.75, 3.05) is 0 Å². The Bertz CT molecular complexity index is 427. The van der Waals surface area contributed by atoms with Crippen molar-refractivity contribution in [2.24, 2.45) is 0 Å². The lowest BCUT2D eigenvalue weighted by Gasteiger charge is -2.17. The Kier molecular flexibility index (Phi) is 3.25. The summed E-state index contributed by atoms with van der Waals surface area (Å²) in [6, 6.07) is 0. The normalized spacial score (nSPS) is 16.2. The van der Waals surface area contributed by atoms with Crippen LogP contribution in [-0.2, 0) is 16.6 Å². The van der Waals surface area contributed by atoms with Crippen LogP contribution < -0.4 is 0 Å². The van der Waals surface area contributed by atoms with Gasteiger partial charge in [-0.3, -0.25) is 4.79 Å². The Labute approximate surface area is 106 Å². The number of carboxylic acids is 1. The molecule has 1 fully saturated rings. The smallest absolute Gasteiger partial charge is 0.303 e. The average molecular weight is 253 g/mol. The Morgan fingerprint density at radius 3 is 2.59 bits per heavy atom. The molecular weight excluding hydrogens is 234 g/mol. The Morgan fingerprint density at radius 2 is 2.12 bits per heavy atom. The first-order chi connectivity index (χ1) is 7.88. The van der Waals surface area contributed by atoms with Crippen molar-refractivity contribution < 1.29 is 9.90 Å². The lowest BCUT2D eigenvalue weighted by molar-refractivity contribution is -0.136. The largest absolute Gasteiger partial charge is 0.481 e. The minimum absolute atomic E-state index is 0.0114. The Morgan fingerprint density at radius 1 is 1.47 bits per heavy atom. The van der Waals surface area contributed by atoms with Crippen LogP contribution in [0.5, 0.6) is 0 Å². The minimum atomic E-state index is -0.730. The van der Waals surface area contributed by atoms with E-state index in [1.54, 1.807) is 11.3 Å². The number of hydrogen-bond acceptors (Lipinski definition) is 3. The van der Waals surface area contributed by atoms with Crippen molar-refractivity contribution in [2.45, 2.75) is 57.8 Å². The monoisotopic (exact) mass is 253 g/mol. The second-order valence-electron chi connectivity index (χ2n) is 5.74. The van der Waals surface area contributed by atoms with E-state index in [0.717, 1.165) is 5.69 Å². The third-order valence-corrected chi connectivity index (χ3v) is 4.19. The molecule has 3 nitrogen and oxygen atoms in total. The molecular formula is C13H19NO2S. The molecule has 0 saturated heterocycles. The van der Waals surface area contributed by atoms with Gasteiger partial charge in [0.2, 0.25) is 0 Å². The van der Waals surface area contributed by atoms with Gasteiger partial charge in [0.1, 0.15) is 0 Å². The zero-order valence-electron chi connectivity index (χ0n) is 10.6. The number of aryl methyl sites for hydroxylation is 1. The number of thiazole rings is 1. The molecule has 0 atom stereocenters. The summed E-state index contributed by atoms with van der Waals surface area (Å²) in [4.78, 5) is 16.6. The van der Waals surface area contributed by atoms with Crippen LogP contribution in [0, 0.1) is 0 Å². The summed E-state index contributed by atoms with van der Waals surface area (Å²) in [5.74, 6) is -0.0779. The number of nitrogens with zero attached hydrogens (tertiary/aromatic N) is 1. The lowest BCUT2D eigenvalue weighted by atomic mass is 9.90. The van der Waals surface area contributed by atoms with Crippen LogP contribution in [0.25, 0.3) is 0 Å². The predicted octanol–water partition coefficient (Wildman–Crippen LogP) is 3.34.